The molecule has 0 saturated carbocycles. The van der Waals surface area contributed by atoms with Gasteiger partial charge in [-0.1, -0.05) is 34.1 Å². The number of nitrogen functional groups attached to an aromatic ring is 1. The molecule has 5 N–H and O–H groups in total. The molecule has 8 nitrogen and oxygen atoms in total. The van der Waals surface area contributed by atoms with Crippen LogP contribution in [-0.2, 0) is 14.3 Å². The van der Waals surface area contributed by atoms with Crippen LogP contribution >= 0.6 is 38.5 Å². The highest BCUT2D eigenvalue weighted by Crippen LogP contribution is 2.34. The Bertz CT molecular complexity index is 1270. The molecule has 38 heavy (non-hydrogen) atoms. The number of hydrogen-bond donors (Lipinski definition) is 4. The van der Waals surface area contributed by atoms with Crippen molar-refractivity contribution in [1.29, 1.82) is 0 Å². The zero-order valence-corrected chi connectivity index (χ0v) is 24.4. The second-order valence-electron chi connectivity index (χ2n) is 8.21. The highest BCUT2D eigenvalue weighted by molar-refractivity contribution is 14.1. The number of anilines is 3. The molecule has 3 aromatic carbocycles. The van der Waals surface area contributed by atoms with Crippen molar-refractivity contribution in [2.45, 2.75) is 32.0 Å². The number of hydrogen-bond acceptors (Lipinski definition) is 6. The molecule has 0 fully saturated rings. The third-order valence-corrected chi connectivity index (χ3v) is 6.64. The van der Waals surface area contributed by atoms with Crippen LogP contribution in [0.3, 0.4) is 0 Å². The van der Waals surface area contributed by atoms with E-state index in [0.29, 0.717) is 42.1 Å². The van der Waals surface area contributed by atoms with Crippen molar-refractivity contribution < 1.29 is 24.2 Å². The molecule has 3 aromatic rings. The summed E-state index contributed by atoms with van der Waals surface area (Å²) in [5.74, 6) is -0.320. The topological polar surface area (TPSA) is 123 Å². The maximum absolute atomic E-state index is 12.8. The Kier molecular flexibility index (Phi) is 11.4. The second kappa shape index (κ2) is 14.7. The second-order valence-corrected chi connectivity index (χ2v) is 10.4. The number of allylic oxidation sites excluding steroid dienone is 1. The standard InChI is InChI=1S/C28H29BrIN3O5/c1-2-37-25(9-5-6-10-26(35)33-23-8-4-3-7-22(23)31)27(21-17-19(30)13-16-24(21)34)38-28(36)32-20-14-11-18(29)12-15-20/h3-4,6-8,10-17,25,27,34H,2,5,9,31H2,1H3,(H,32,36)(H,33,35)/b10-6+/t25-,27-/m0/s1. The number of amides is 2. The maximum atomic E-state index is 12.8. The van der Waals surface area contributed by atoms with E-state index in [9.17, 15) is 14.7 Å². The first-order valence-corrected chi connectivity index (χ1v) is 13.8. The zero-order chi connectivity index (χ0) is 27.5. The van der Waals surface area contributed by atoms with Crippen LogP contribution in [0.5, 0.6) is 5.75 Å². The summed E-state index contributed by atoms with van der Waals surface area (Å²) in [6.45, 7) is 2.20. The third-order valence-electron chi connectivity index (χ3n) is 5.44. The van der Waals surface area contributed by atoms with E-state index in [-0.39, 0.29) is 11.7 Å². The summed E-state index contributed by atoms with van der Waals surface area (Å²) in [6.07, 6.45) is 1.86. The van der Waals surface area contributed by atoms with Gasteiger partial charge in [-0.15, -0.1) is 0 Å². The smallest absolute Gasteiger partial charge is 0.412 e. The number of carbonyl (C=O) groups excluding carboxylic acids is 2. The molecular formula is C28H29BrIN3O5. The van der Waals surface area contributed by atoms with E-state index < -0.39 is 18.3 Å². The normalized spacial score (nSPS) is 12.6. The molecule has 200 valence electrons. The van der Waals surface area contributed by atoms with E-state index in [0.717, 1.165) is 8.04 Å². The fraction of sp³-hybridized carbons (Fsp3) is 0.214. The van der Waals surface area contributed by atoms with Gasteiger partial charge in [0.25, 0.3) is 0 Å². The Balaban J connectivity index is 1.73. The molecule has 0 aliphatic carbocycles. The molecule has 0 heterocycles. The quantitative estimate of drug-likeness (QED) is 0.0974. The summed E-state index contributed by atoms with van der Waals surface area (Å²) in [6, 6.07) is 19.2. The van der Waals surface area contributed by atoms with Crippen molar-refractivity contribution in [1.82, 2.24) is 0 Å². The minimum atomic E-state index is -0.897. The number of aromatic hydroxyl groups is 1. The van der Waals surface area contributed by atoms with Crippen LogP contribution in [0.4, 0.5) is 21.9 Å². The van der Waals surface area contributed by atoms with Gasteiger partial charge in [-0.25, -0.2) is 4.79 Å². The predicted molar refractivity (Wildman–Crippen MR) is 161 cm³/mol. The number of rotatable bonds is 11. The Labute approximate surface area is 243 Å². The number of phenolic OH excluding ortho intramolecular Hbond substituents is 1. The Morgan fingerprint density at radius 3 is 2.55 bits per heavy atom. The number of carbonyl (C=O) groups is 2. The van der Waals surface area contributed by atoms with E-state index in [2.05, 4.69) is 49.2 Å². The van der Waals surface area contributed by atoms with Gasteiger partial charge < -0.3 is 25.6 Å². The number of ether oxygens (including phenoxy) is 2. The monoisotopic (exact) mass is 693 g/mol. The lowest BCUT2D eigenvalue weighted by atomic mass is 9.99. The highest BCUT2D eigenvalue weighted by atomic mass is 127. The van der Waals surface area contributed by atoms with Crippen molar-refractivity contribution in [3.63, 3.8) is 0 Å². The Morgan fingerprint density at radius 1 is 1.11 bits per heavy atom. The lowest BCUT2D eigenvalue weighted by Gasteiger charge is -2.28. The van der Waals surface area contributed by atoms with Crippen LogP contribution in [-0.4, -0.2) is 29.8 Å². The number of nitrogens with two attached hydrogens (primary N) is 1. The van der Waals surface area contributed by atoms with Gasteiger partial charge >= 0.3 is 6.09 Å². The first kappa shape index (κ1) is 29.5. The van der Waals surface area contributed by atoms with Gasteiger partial charge in [0, 0.05) is 25.9 Å². The van der Waals surface area contributed by atoms with E-state index in [1.807, 2.05) is 6.92 Å². The van der Waals surface area contributed by atoms with E-state index in [4.69, 9.17) is 15.2 Å². The van der Waals surface area contributed by atoms with Crippen molar-refractivity contribution >= 4 is 67.6 Å². The van der Waals surface area contributed by atoms with Gasteiger partial charge in [0.05, 0.1) is 17.5 Å². The minimum Gasteiger partial charge on any atom is -0.508 e. The van der Waals surface area contributed by atoms with Crippen LogP contribution in [0.2, 0.25) is 0 Å². The summed E-state index contributed by atoms with van der Waals surface area (Å²) >= 11 is 5.50. The molecule has 0 bridgehead atoms. The first-order chi connectivity index (χ1) is 18.3. The molecule has 0 aliphatic heterocycles. The first-order valence-electron chi connectivity index (χ1n) is 11.9. The third kappa shape index (κ3) is 9.03. The average Bonchev–Trinajstić information content (AvgIpc) is 2.89. The maximum Gasteiger partial charge on any atom is 0.412 e. The Hall–Kier alpha value is -3.09. The lowest BCUT2D eigenvalue weighted by molar-refractivity contribution is -0.111. The zero-order valence-electron chi connectivity index (χ0n) is 20.7. The molecule has 0 saturated heterocycles. The lowest BCUT2D eigenvalue weighted by Crippen LogP contribution is -2.29. The van der Waals surface area contributed by atoms with Gasteiger partial charge in [0.2, 0.25) is 5.91 Å². The van der Waals surface area contributed by atoms with Crippen LogP contribution in [0, 0.1) is 3.57 Å². The molecule has 3 rings (SSSR count). The molecule has 0 aromatic heterocycles. The Morgan fingerprint density at radius 2 is 1.84 bits per heavy atom. The molecule has 0 aliphatic rings. The van der Waals surface area contributed by atoms with Crippen LogP contribution in [0.25, 0.3) is 0 Å². The van der Waals surface area contributed by atoms with Crippen LogP contribution in [0.15, 0.2) is 83.4 Å². The van der Waals surface area contributed by atoms with Gasteiger partial charge in [-0.3, -0.25) is 10.1 Å². The summed E-state index contributed by atoms with van der Waals surface area (Å²) in [5, 5.41) is 16.1. The summed E-state index contributed by atoms with van der Waals surface area (Å²) in [5.41, 5.74) is 7.88. The summed E-state index contributed by atoms with van der Waals surface area (Å²) in [7, 11) is 0. The number of nitrogens with one attached hydrogen (secondary N) is 2. The minimum absolute atomic E-state index is 0.00747. The molecule has 10 heteroatoms. The highest BCUT2D eigenvalue weighted by Gasteiger charge is 2.30. The molecular weight excluding hydrogens is 665 g/mol. The van der Waals surface area contributed by atoms with Crippen LogP contribution < -0.4 is 16.4 Å². The fourth-order valence-electron chi connectivity index (χ4n) is 3.66. The largest absolute Gasteiger partial charge is 0.508 e. The summed E-state index contributed by atoms with van der Waals surface area (Å²) < 4.78 is 13.5. The SMILES string of the molecule is CCO[C@@H](CC/C=C/C(=O)Nc1ccccc1N)[C@@H](OC(=O)Nc1ccc(Br)cc1)c1cc(I)ccc1O. The average molecular weight is 694 g/mol. The molecule has 0 spiro atoms. The molecule has 2 amide bonds. The van der Waals surface area contributed by atoms with Gasteiger partial charge in [-0.2, -0.15) is 0 Å². The van der Waals surface area contributed by atoms with E-state index in [1.165, 1.54) is 6.08 Å². The van der Waals surface area contributed by atoms with Gasteiger partial charge in [0.15, 0.2) is 6.10 Å². The number of benzene rings is 3. The number of halogens is 2. The van der Waals surface area contributed by atoms with Gasteiger partial charge in [0.1, 0.15) is 5.75 Å². The van der Waals surface area contributed by atoms with E-state index >= 15 is 0 Å². The van der Waals surface area contributed by atoms with Crippen LogP contribution in [0.1, 0.15) is 31.4 Å². The number of para-hydroxylation sites is 2. The summed E-state index contributed by atoms with van der Waals surface area (Å²) in [4.78, 5) is 25.2. The van der Waals surface area contributed by atoms with Crippen molar-refractivity contribution in [2.24, 2.45) is 0 Å². The predicted octanol–water partition coefficient (Wildman–Crippen LogP) is 7.01. The van der Waals surface area contributed by atoms with Crippen molar-refractivity contribution in [2.75, 3.05) is 23.0 Å². The fourth-order valence-corrected chi connectivity index (χ4v) is 4.44. The molecule has 0 unspecified atom stereocenters. The van der Waals surface area contributed by atoms with Gasteiger partial charge in [-0.05, 0) is 103 Å². The number of phenols is 1. The van der Waals surface area contributed by atoms with Crippen molar-refractivity contribution in [3.8, 4) is 5.75 Å². The van der Waals surface area contributed by atoms with Crippen molar-refractivity contribution in [3.05, 3.63) is 92.5 Å². The molecule has 2 atom stereocenters. The van der Waals surface area contributed by atoms with E-state index in [1.54, 1.807) is 72.8 Å². The molecule has 0 radical (unpaired) electrons.